The van der Waals surface area contributed by atoms with Crippen molar-refractivity contribution >= 4 is 11.8 Å². The smallest absolute Gasteiger partial charge is 0.261 e. The molecule has 1 heterocycles. The number of benzene rings is 1. The van der Waals surface area contributed by atoms with E-state index in [9.17, 15) is 9.59 Å². The van der Waals surface area contributed by atoms with Gasteiger partial charge >= 0.3 is 0 Å². The van der Waals surface area contributed by atoms with Crippen molar-refractivity contribution in [1.82, 2.24) is 4.90 Å². The van der Waals surface area contributed by atoms with Crippen molar-refractivity contribution < 1.29 is 9.59 Å². The minimum Gasteiger partial charge on any atom is -0.274 e. The average Bonchev–Trinajstić information content (AvgIpc) is 2.62. The van der Waals surface area contributed by atoms with Gasteiger partial charge in [0.15, 0.2) is 0 Å². The lowest BCUT2D eigenvalue weighted by molar-refractivity contribution is 0.0630. The van der Waals surface area contributed by atoms with Crippen LogP contribution in [0, 0.1) is 5.92 Å². The van der Waals surface area contributed by atoms with E-state index in [0.717, 1.165) is 19.3 Å². The molecule has 0 aliphatic carbocycles. The van der Waals surface area contributed by atoms with E-state index in [1.165, 1.54) is 4.90 Å². The fourth-order valence-electron chi connectivity index (χ4n) is 2.36. The molecule has 0 radical (unpaired) electrons. The van der Waals surface area contributed by atoms with Gasteiger partial charge in [0.2, 0.25) is 0 Å². The molecule has 3 nitrogen and oxygen atoms in total. The zero-order valence-corrected chi connectivity index (χ0v) is 11.0. The molecule has 3 heteroatoms. The van der Waals surface area contributed by atoms with Crippen LogP contribution in [-0.2, 0) is 0 Å². The highest BCUT2D eigenvalue weighted by Gasteiger charge is 2.35. The largest absolute Gasteiger partial charge is 0.274 e. The summed E-state index contributed by atoms with van der Waals surface area (Å²) in [4.78, 5) is 25.6. The van der Waals surface area contributed by atoms with E-state index in [4.69, 9.17) is 0 Å². The second-order valence-electron chi connectivity index (χ2n) is 5.01. The molecule has 1 aliphatic heterocycles. The third-order valence-electron chi connectivity index (χ3n) is 3.42. The predicted octanol–water partition coefficient (Wildman–Crippen LogP) is 3.11. The zero-order chi connectivity index (χ0) is 13.1. The van der Waals surface area contributed by atoms with Gasteiger partial charge in [-0.3, -0.25) is 14.5 Å². The molecule has 0 fully saturated rings. The van der Waals surface area contributed by atoms with Crippen molar-refractivity contribution in [3.05, 3.63) is 35.4 Å². The van der Waals surface area contributed by atoms with Crippen molar-refractivity contribution in [3.63, 3.8) is 0 Å². The summed E-state index contributed by atoms with van der Waals surface area (Å²) in [6.07, 6.45) is 3.35. The molecule has 0 unspecified atom stereocenters. The second-order valence-corrected chi connectivity index (χ2v) is 5.01. The van der Waals surface area contributed by atoms with Gasteiger partial charge < -0.3 is 0 Å². The Morgan fingerprint density at radius 1 is 1.11 bits per heavy atom. The van der Waals surface area contributed by atoms with Gasteiger partial charge in [-0.05, 0) is 24.5 Å². The third-order valence-corrected chi connectivity index (χ3v) is 3.42. The summed E-state index contributed by atoms with van der Waals surface area (Å²) in [5, 5.41) is 0. The molecule has 2 rings (SSSR count). The van der Waals surface area contributed by atoms with Gasteiger partial charge in [0.1, 0.15) is 0 Å². The van der Waals surface area contributed by atoms with Crippen LogP contribution in [0.4, 0.5) is 0 Å². The van der Waals surface area contributed by atoms with Gasteiger partial charge in [-0.2, -0.15) is 0 Å². The highest BCUT2D eigenvalue weighted by Crippen LogP contribution is 2.24. The molecule has 1 aliphatic rings. The molecular formula is C15H19NO2. The molecule has 96 valence electrons. The lowest BCUT2D eigenvalue weighted by atomic mass is 10.0. The number of fused-ring (bicyclic) bond motifs is 1. The van der Waals surface area contributed by atoms with E-state index in [-0.39, 0.29) is 11.8 Å². The fraction of sp³-hybridized carbons (Fsp3) is 0.467. The molecule has 2 amide bonds. The van der Waals surface area contributed by atoms with Crippen molar-refractivity contribution in [2.24, 2.45) is 5.92 Å². The van der Waals surface area contributed by atoms with Gasteiger partial charge in [-0.25, -0.2) is 0 Å². The number of rotatable bonds is 5. The molecule has 0 bridgehead atoms. The quantitative estimate of drug-likeness (QED) is 0.747. The van der Waals surface area contributed by atoms with E-state index in [0.29, 0.717) is 23.6 Å². The van der Waals surface area contributed by atoms with Gasteiger partial charge in [0, 0.05) is 6.54 Å². The number of hydrogen-bond donors (Lipinski definition) is 0. The molecule has 1 aromatic carbocycles. The number of amides is 2. The van der Waals surface area contributed by atoms with Crippen molar-refractivity contribution in [2.45, 2.75) is 33.1 Å². The summed E-state index contributed by atoms with van der Waals surface area (Å²) in [7, 11) is 0. The van der Waals surface area contributed by atoms with E-state index >= 15 is 0 Å². The predicted molar refractivity (Wildman–Crippen MR) is 70.5 cm³/mol. The average molecular weight is 245 g/mol. The summed E-state index contributed by atoms with van der Waals surface area (Å²) >= 11 is 0. The summed E-state index contributed by atoms with van der Waals surface area (Å²) in [6, 6.07) is 7.06. The zero-order valence-electron chi connectivity index (χ0n) is 11.0. The number of unbranched alkanes of at least 4 members (excludes halogenated alkanes) is 1. The summed E-state index contributed by atoms with van der Waals surface area (Å²) in [5.41, 5.74) is 1.09. The first kappa shape index (κ1) is 12.8. The normalized spacial score (nSPS) is 16.0. The standard InChI is InChI=1S/C15H19NO2/c1-3-4-7-11(2)10-16-14(17)12-8-5-6-9-13(12)15(16)18/h5-6,8-9,11H,3-4,7,10H2,1-2H3/t11-/m0/s1. The molecular weight excluding hydrogens is 226 g/mol. The first-order chi connectivity index (χ1) is 8.65. The van der Waals surface area contributed by atoms with Gasteiger partial charge in [0.25, 0.3) is 11.8 Å². The second kappa shape index (κ2) is 5.34. The van der Waals surface area contributed by atoms with E-state index < -0.39 is 0 Å². The maximum atomic E-state index is 12.1. The Balaban J connectivity index is 2.09. The van der Waals surface area contributed by atoms with Crippen LogP contribution in [0.2, 0.25) is 0 Å². The first-order valence-electron chi connectivity index (χ1n) is 6.60. The van der Waals surface area contributed by atoms with Gasteiger partial charge in [-0.1, -0.05) is 38.8 Å². The maximum Gasteiger partial charge on any atom is 0.261 e. The highest BCUT2D eigenvalue weighted by atomic mass is 16.2. The fourth-order valence-corrected chi connectivity index (χ4v) is 2.36. The van der Waals surface area contributed by atoms with Crippen LogP contribution in [0.25, 0.3) is 0 Å². The molecule has 0 aromatic heterocycles. The number of carbonyl (C=O) groups excluding carboxylic acids is 2. The maximum absolute atomic E-state index is 12.1. The molecule has 0 N–H and O–H groups in total. The Morgan fingerprint density at radius 2 is 1.67 bits per heavy atom. The molecule has 0 spiro atoms. The lowest BCUT2D eigenvalue weighted by Crippen LogP contribution is -2.33. The van der Waals surface area contributed by atoms with Crippen LogP contribution in [0.5, 0.6) is 0 Å². The van der Waals surface area contributed by atoms with Crippen LogP contribution in [-0.4, -0.2) is 23.3 Å². The van der Waals surface area contributed by atoms with Crippen LogP contribution in [0.15, 0.2) is 24.3 Å². The molecule has 18 heavy (non-hydrogen) atoms. The van der Waals surface area contributed by atoms with Crippen LogP contribution < -0.4 is 0 Å². The third kappa shape index (κ3) is 2.30. The van der Waals surface area contributed by atoms with Crippen LogP contribution in [0.3, 0.4) is 0 Å². The van der Waals surface area contributed by atoms with Crippen molar-refractivity contribution in [3.8, 4) is 0 Å². The molecule has 1 aromatic rings. The summed E-state index contributed by atoms with van der Waals surface area (Å²) in [5.74, 6) is 0.0880. The molecule has 0 saturated carbocycles. The molecule has 0 saturated heterocycles. The van der Waals surface area contributed by atoms with Gasteiger partial charge in [0.05, 0.1) is 11.1 Å². The Labute approximate surface area is 108 Å². The summed E-state index contributed by atoms with van der Waals surface area (Å²) in [6.45, 7) is 4.78. The Kier molecular flexibility index (Phi) is 3.80. The number of hydrogen-bond acceptors (Lipinski definition) is 2. The topological polar surface area (TPSA) is 37.4 Å². The van der Waals surface area contributed by atoms with Crippen LogP contribution >= 0.6 is 0 Å². The van der Waals surface area contributed by atoms with Crippen LogP contribution in [0.1, 0.15) is 53.8 Å². The SMILES string of the molecule is CCCC[C@H](C)CN1C(=O)c2ccccc2C1=O. The number of imide groups is 1. The van der Waals surface area contributed by atoms with E-state index in [1.54, 1.807) is 24.3 Å². The van der Waals surface area contributed by atoms with Crippen molar-refractivity contribution in [1.29, 1.82) is 0 Å². The van der Waals surface area contributed by atoms with Gasteiger partial charge in [-0.15, -0.1) is 0 Å². The minimum atomic E-state index is -0.140. The van der Waals surface area contributed by atoms with Crippen molar-refractivity contribution in [2.75, 3.05) is 6.54 Å². The van der Waals surface area contributed by atoms with E-state index in [2.05, 4.69) is 13.8 Å². The minimum absolute atomic E-state index is 0.140. The monoisotopic (exact) mass is 245 g/mol. The summed E-state index contributed by atoms with van der Waals surface area (Å²) < 4.78 is 0. The Bertz CT molecular complexity index is 432. The number of nitrogens with zero attached hydrogens (tertiary/aromatic N) is 1. The number of carbonyl (C=O) groups is 2. The highest BCUT2D eigenvalue weighted by molar-refractivity contribution is 6.21. The van der Waals surface area contributed by atoms with E-state index in [1.807, 2.05) is 0 Å². The molecule has 1 atom stereocenters. The lowest BCUT2D eigenvalue weighted by Gasteiger charge is -2.18. The Morgan fingerprint density at radius 3 is 2.17 bits per heavy atom. The Hall–Kier alpha value is -1.64. The first-order valence-corrected chi connectivity index (χ1v) is 6.60.